The summed E-state index contributed by atoms with van der Waals surface area (Å²) in [4.78, 5) is 13.0. The number of hydrogen-bond donors (Lipinski definition) is 1. The highest BCUT2D eigenvalue weighted by Crippen LogP contribution is 2.17. The van der Waals surface area contributed by atoms with Gasteiger partial charge in [0.25, 0.3) is 0 Å². The van der Waals surface area contributed by atoms with Gasteiger partial charge in [0.05, 0.1) is 7.11 Å². The number of hydrogen-bond acceptors (Lipinski definition) is 3. The largest absolute Gasteiger partial charge is 0.497 e. The molecule has 0 radical (unpaired) electrons. The summed E-state index contributed by atoms with van der Waals surface area (Å²) >= 11 is 1.71. The van der Waals surface area contributed by atoms with Gasteiger partial charge in [0.1, 0.15) is 5.75 Å². The van der Waals surface area contributed by atoms with Crippen LogP contribution >= 0.6 is 11.8 Å². The Balaban J connectivity index is 1.61. The van der Waals surface area contributed by atoms with Gasteiger partial charge in [-0.25, -0.2) is 0 Å². The van der Waals surface area contributed by atoms with Crippen LogP contribution < -0.4 is 10.1 Å². The van der Waals surface area contributed by atoms with E-state index in [2.05, 4.69) is 17.4 Å². The molecule has 3 nitrogen and oxygen atoms in total. The Morgan fingerprint density at radius 1 is 1.09 bits per heavy atom. The van der Waals surface area contributed by atoms with Crippen molar-refractivity contribution in [3.63, 3.8) is 0 Å². The summed E-state index contributed by atoms with van der Waals surface area (Å²) in [6.45, 7) is 0.668. The molecule has 2 aromatic rings. The molecule has 0 spiro atoms. The van der Waals surface area contributed by atoms with E-state index < -0.39 is 0 Å². The number of ether oxygens (including phenoxy) is 1. The van der Waals surface area contributed by atoms with Crippen LogP contribution in [0, 0.1) is 0 Å². The molecule has 22 heavy (non-hydrogen) atoms. The number of carbonyl (C=O) groups is 1. The van der Waals surface area contributed by atoms with Gasteiger partial charge >= 0.3 is 0 Å². The predicted octanol–water partition coefficient (Wildman–Crippen LogP) is 3.54. The van der Waals surface area contributed by atoms with Gasteiger partial charge in [-0.15, -0.1) is 11.8 Å². The predicted molar refractivity (Wildman–Crippen MR) is 91.5 cm³/mol. The van der Waals surface area contributed by atoms with Crippen molar-refractivity contribution in [3.8, 4) is 5.75 Å². The summed E-state index contributed by atoms with van der Waals surface area (Å²) < 4.78 is 5.12. The van der Waals surface area contributed by atoms with E-state index in [1.165, 1.54) is 10.5 Å². The first-order valence-electron chi connectivity index (χ1n) is 7.35. The van der Waals surface area contributed by atoms with Gasteiger partial charge in [-0.3, -0.25) is 4.79 Å². The molecule has 0 aliphatic carbocycles. The molecule has 0 aliphatic heterocycles. The molecule has 1 N–H and O–H groups in total. The number of amides is 1. The Hall–Kier alpha value is -1.94. The van der Waals surface area contributed by atoms with Crippen LogP contribution in [0.4, 0.5) is 0 Å². The first-order valence-corrected chi connectivity index (χ1v) is 8.34. The van der Waals surface area contributed by atoms with E-state index in [0.717, 1.165) is 17.9 Å². The highest BCUT2D eigenvalue weighted by atomic mass is 32.2. The van der Waals surface area contributed by atoms with E-state index in [4.69, 9.17) is 4.74 Å². The van der Waals surface area contributed by atoms with Crippen LogP contribution in [0.25, 0.3) is 0 Å². The standard InChI is InChI=1S/C18H21NO2S/c1-21-16-9-7-15(8-10-16)11-13-19-18(20)12-14-22-17-5-3-2-4-6-17/h2-10H,11-14H2,1H3,(H,19,20). The number of nitrogens with one attached hydrogen (secondary N) is 1. The lowest BCUT2D eigenvalue weighted by Crippen LogP contribution is -2.25. The lowest BCUT2D eigenvalue weighted by atomic mass is 10.1. The zero-order valence-corrected chi connectivity index (χ0v) is 13.6. The maximum atomic E-state index is 11.8. The molecule has 2 rings (SSSR count). The Kier molecular flexibility index (Phi) is 6.84. The summed E-state index contributed by atoms with van der Waals surface area (Å²) in [5.74, 6) is 1.76. The Bertz CT molecular complexity index is 569. The van der Waals surface area contributed by atoms with Crippen molar-refractivity contribution in [3.05, 3.63) is 60.2 Å². The maximum Gasteiger partial charge on any atom is 0.220 e. The summed E-state index contributed by atoms with van der Waals surface area (Å²) in [6, 6.07) is 18.1. The van der Waals surface area contributed by atoms with E-state index in [1.807, 2.05) is 42.5 Å². The molecule has 0 aliphatic rings. The van der Waals surface area contributed by atoms with E-state index in [0.29, 0.717) is 13.0 Å². The van der Waals surface area contributed by atoms with Crippen LogP contribution in [-0.2, 0) is 11.2 Å². The SMILES string of the molecule is COc1ccc(CCNC(=O)CCSc2ccccc2)cc1. The Labute approximate surface area is 136 Å². The fourth-order valence-electron chi connectivity index (χ4n) is 2.01. The highest BCUT2D eigenvalue weighted by Gasteiger charge is 2.02. The average Bonchev–Trinajstić information content (AvgIpc) is 2.56. The van der Waals surface area contributed by atoms with Crippen LogP contribution in [0.1, 0.15) is 12.0 Å². The molecular formula is C18H21NO2S. The molecule has 2 aromatic carbocycles. The monoisotopic (exact) mass is 315 g/mol. The first-order chi connectivity index (χ1) is 10.8. The number of rotatable bonds is 8. The molecule has 116 valence electrons. The minimum atomic E-state index is 0.108. The van der Waals surface area contributed by atoms with Gasteiger partial charge in [0.15, 0.2) is 0 Å². The highest BCUT2D eigenvalue weighted by molar-refractivity contribution is 7.99. The minimum absolute atomic E-state index is 0.108. The average molecular weight is 315 g/mol. The molecule has 0 bridgehead atoms. The minimum Gasteiger partial charge on any atom is -0.497 e. The van der Waals surface area contributed by atoms with Crippen molar-refractivity contribution in [2.75, 3.05) is 19.4 Å². The van der Waals surface area contributed by atoms with Gasteiger partial charge in [-0.05, 0) is 36.2 Å². The van der Waals surface area contributed by atoms with Crippen molar-refractivity contribution < 1.29 is 9.53 Å². The summed E-state index contributed by atoms with van der Waals surface area (Å²) in [5.41, 5.74) is 1.19. The van der Waals surface area contributed by atoms with Crippen LogP contribution in [0.5, 0.6) is 5.75 Å². The van der Waals surface area contributed by atoms with E-state index >= 15 is 0 Å². The van der Waals surface area contributed by atoms with E-state index in [1.54, 1.807) is 18.9 Å². The van der Waals surface area contributed by atoms with Crippen LogP contribution in [0.3, 0.4) is 0 Å². The third-order valence-corrected chi connectivity index (χ3v) is 4.25. The second kappa shape index (κ2) is 9.15. The van der Waals surface area contributed by atoms with Crippen LogP contribution in [0.2, 0.25) is 0 Å². The summed E-state index contributed by atoms with van der Waals surface area (Å²) in [7, 11) is 1.66. The number of methoxy groups -OCH3 is 1. The molecule has 0 atom stereocenters. The smallest absolute Gasteiger partial charge is 0.220 e. The van der Waals surface area contributed by atoms with Crippen molar-refractivity contribution in [1.82, 2.24) is 5.32 Å². The van der Waals surface area contributed by atoms with Crippen molar-refractivity contribution in [2.24, 2.45) is 0 Å². The lowest BCUT2D eigenvalue weighted by Gasteiger charge is -2.06. The molecule has 0 fully saturated rings. The second-order valence-corrected chi connectivity index (χ2v) is 6.03. The molecule has 4 heteroatoms. The quantitative estimate of drug-likeness (QED) is 0.757. The molecule has 0 saturated heterocycles. The van der Waals surface area contributed by atoms with Gasteiger partial charge < -0.3 is 10.1 Å². The fraction of sp³-hybridized carbons (Fsp3) is 0.278. The van der Waals surface area contributed by atoms with Crippen molar-refractivity contribution >= 4 is 17.7 Å². The number of thioether (sulfide) groups is 1. The normalized spacial score (nSPS) is 10.2. The molecule has 0 aromatic heterocycles. The zero-order chi connectivity index (χ0) is 15.6. The third-order valence-electron chi connectivity index (χ3n) is 3.24. The Morgan fingerprint density at radius 3 is 2.50 bits per heavy atom. The molecule has 0 saturated carbocycles. The lowest BCUT2D eigenvalue weighted by molar-refractivity contribution is -0.120. The molecular weight excluding hydrogens is 294 g/mol. The molecule has 1 amide bonds. The third kappa shape index (κ3) is 5.82. The fourth-order valence-corrected chi connectivity index (χ4v) is 2.88. The number of benzene rings is 2. The van der Waals surface area contributed by atoms with Crippen LogP contribution in [-0.4, -0.2) is 25.3 Å². The van der Waals surface area contributed by atoms with E-state index in [-0.39, 0.29) is 5.91 Å². The topological polar surface area (TPSA) is 38.3 Å². The van der Waals surface area contributed by atoms with Crippen LogP contribution in [0.15, 0.2) is 59.5 Å². The van der Waals surface area contributed by atoms with Gasteiger partial charge in [-0.1, -0.05) is 30.3 Å². The molecule has 0 unspecified atom stereocenters. The van der Waals surface area contributed by atoms with Crippen molar-refractivity contribution in [1.29, 1.82) is 0 Å². The maximum absolute atomic E-state index is 11.8. The summed E-state index contributed by atoms with van der Waals surface area (Å²) in [6.07, 6.45) is 1.38. The summed E-state index contributed by atoms with van der Waals surface area (Å²) in [5, 5.41) is 2.96. The van der Waals surface area contributed by atoms with Gasteiger partial charge in [0.2, 0.25) is 5.91 Å². The molecule has 0 heterocycles. The van der Waals surface area contributed by atoms with E-state index in [9.17, 15) is 4.79 Å². The number of carbonyl (C=O) groups excluding carboxylic acids is 1. The zero-order valence-electron chi connectivity index (χ0n) is 12.7. The van der Waals surface area contributed by atoms with Gasteiger partial charge in [-0.2, -0.15) is 0 Å². The second-order valence-electron chi connectivity index (χ2n) is 4.86. The first kappa shape index (κ1) is 16.4. The Morgan fingerprint density at radius 2 is 1.82 bits per heavy atom. The van der Waals surface area contributed by atoms with Crippen molar-refractivity contribution in [2.45, 2.75) is 17.7 Å². The van der Waals surface area contributed by atoms with Gasteiger partial charge in [0, 0.05) is 23.6 Å².